The Kier molecular flexibility index (Phi) is 3.43. The van der Waals surface area contributed by atoms with E-state index in [1.54, 1.807) is 32.2 Å². The van der Waals surface area contributed by atoms with Crippen LogP contribution in [0.15, 0.2) is 30.4 Å². The van der Waals surface area contributed by atoms with Crippen molar-refractivity contribution in [3.05, 3.63) is 35.9 Å². The normalized spacial score (nSPS) is 27.0. The Hall–Kier alpha value is -2.30. The van der Waals surface area contributed by atoms with Crippen LogP contribution < -0.4 is 9.47 Å². The first-order valence-corrected chi connectivity index (χ1v) is 7.22. The second-order valence-electron chi connectivity index (χ2n) is 5.81. The molecule has 1 fully saturated rings. The molecule has 1 amide bonds. The summed E-state index contributed by atoms with van der Waals surface area (Å²) in [5, 5.41) is 0. The van der Waals surface area contributed by atoms with Crippen molar-refractivity contribution in [2.24, 2.45) is 0 Å². The average Bonchev–Trinajstić information content (AvgIpc) is 2.79. The zero-order valence-electron chi connectivity index (χ0n) is 13.0. The molecule has 1 aliphatic carbocycles. The number of allylic oxidation sites excluding steroid dienone is 1. The minimum atomic E-state index is -0.473. The molecule has 0 aromatic heterocycles. The number of amides is 1. The fraction of sp³-hybridized carbons (Fsp3) is 0.412. The number of carbonyl (C=O) groups excluding carboxylic acids is 2. The van der Waals surface area contributed by atoms with E-state index in [9.17, 15) is 9.59 Å². The summed E-state index contributed by atoms with van der Waals surface area (Å²) in [6, 6.07) is 5.54. The first-order valence-electron chi connectivity index (χ1n) is 7.22. The van der Waals surface area contributed by atoms with Gasteiger partial charge >= 0.3 is 0 Å². The van der Waals surface area contributed by atoms with Crippen molar-refractivity contribution in [2.75, 3.05) is 21.3 Å². The Balaban J connectivity index is 2.13. The zero-order chi connectivity index (χ0) is 15.9. The molecule has 2 unspecified atom stereocenters. The van der Waals surface area contributed by atoms with Crippen LogP contribution in [0.4, 0.5) is 0 Å². The van der Waals surface area contributed by atoms with E-state index < -0.39 is 5.41 Å². The second kappa shape index (κ2) is 5.16. The van der Waals surface area contributed by atoms with Crippen molar-refractivity contribution in [1.29, 1.82) is 0 Å². The first kappa shape index (κ1) is 14.6. The number of fused-ring (bicyclic) bond motifs is 1. The molecule has 1 aromatic rings. The zero-order valence-corrected chi connectivity index (χ0v) is 13.0. The minimum absolute atomic E-state index is 0.0548. The number of rotatable bonds is 3. The summed E-state index contributed by atoms with van der Waals surface area (Å²) in [5.41, 5.74) is 0.496. The standard InChI is InChI=1S/C17H19NO4/c1-18-15-9-12(19)6-7-17(15,10-16(18)20)11-4-5-13(21-2)14(8-11)22-3/h4-8,15H,9-10H2,1-3H3. The van der Waals surface area contributed by atoms with Crippen LogP contribution in [-0.2, 0) is 15.0 Å². The summed E-state index contributed by atoms with van der Waals surface area (Å²) in [4.78, 5) is 25.7. The highest BCUT2D eigenvalue weighted by molar-refractivity contribution is 5.95. The molecule has 0 spiro atoms. The first-order chi connectivity index (χ1) is 10.5. The summed E-state index contributed by atoms with van der Waals surface area (Å²) in [5.74, 6) is 1.38. The van der Waals surface area contributed by atoms with Crippen molar-refractivity contribution in [3.63, 3.8) is 0 Å². The topological polar surface area (TPSA) is 55.8 Å². The lowest BCUT2D eigenvalue weighted by Crippen LogP contribution is -2.43. The monoisotopic (exact) mass is 301 g/mol. The molecule has 0 saturated carbocycles. The Bertz CT molecular complexity index is 667. The van der Waals surface area contributed by atoms with Gasteiger partial charge in [-0.3, -0.25) is 9.59 Å². The molecule has 2 atom stereocenters. The molecule has 1 aliphatic heterocycles. The third-order valence-corrected chi connectivity index (χ3v) is 4.78. The number of likely N-dealkylation sites (N-methyl/N-ethyl adjacent to an activating group) is 1. The number of benzene rings is 1. The van der Waals surface area contributed by atoms with Crippen LogP contribution in [0.5, 0.6) is 11.5 Å². The van der Waals surface area contributed by atoms with Gasteiger partial charge in [-0.2, -0.15) is 0 Å². The van der Waals surface area contributed by atoms with Gasteiger partial charge in [-0.15, -0.1) is 0 Å². The number of ketones is 1. The summed E-state index contributed by atoms with van der Waals surface area (Å²) in [6.07, 6.45) is 4.20. The van der Waals surface area contributed by atoms with Crippen LogP contribution >= 0.6 is 0 Å². The van der Waals surface area contributed by atoms with E-state index in [1.807, 2.05) is 24.3 Å². The average molecular weight is 301 g/mol. The third-order valence-electron chi connectivity index (χ3n) is 4.78. The summed E-state index contributed by atoms with van der Waals surface area (Å²) < 4.78 is 10.6. The van der Waals surface area contributed by atoms with Gasteiger partial charge in [0.05, 0.1) is 20.3 Å². The maximum absolute atomic E-state index is 12.2. The quantitative estimate of drug-likeness (QED) is 0.853. The van der Waals surface area contributed by atoms with Crippen LogP contribution in [0.25, 0.3) is 0 Å². The van der Waals surface area contributed by atoms with Gasteiger partial charge in [0.2, 0.25) is 5.91 Å². The van der Waals surface area contributed by atoms with Gasteiger partial charge < -0.3 is 14.4 Å². The highest BCUT2D eigenvalue weighted by Gasteiger charge is 2.52. The van der Waals surface area contributed by atoms with E-state index in [1.165, 1.54) is 0 Å². The highest BCUT2D eigenvalue weighted by atomic mass is 16.5. The molecule has 3 rings (SSSR count). The smallest absolute Gasteiger partial charge is 0.223 e. The molecule has 1 heterocycles. The molecule has 0 bridgehead atoms. The maximum atomic E-state index is 12.2. The predicted molar refractivity (Wildman–Crippen MR) is 81.2 cm³/mol. The van der Waals surface area contributed by atoms with Gasteiger partial charge in [-0.1, -0.05) is 12.1 Å². The fourth-order valence-corrected chi connectivity index (χ4v) is 3.52. The van der Waals surface area contributed by atoms with Crippen molar-refractivity contribution < 1.29 is 19.1 Å². The number of likely N-dealkylation sites (tertiary alicyclic amines) is 1. The van der Waals surface area contributed by atoms with Crippen molar-refractivity contribution in [3.8, 4) is 11.5 Å². The van der Waals surface area contributed by atoms with E-state index in [0.29, 0.717) is 24.3 Å². The minimum Gasteiger partial charge on any atom is -0.493 e. The van der Waals surface area contributed by atoms with Crippen molar-refractivity contribution in [2.45, 2.75) is 24.3 Å². The molecule has 5 heteroatoms. The molecular weight excluding hydrogens is 282 g/mol. The Morgan fingerprint density at radius 1 is 1.18 bits per heavy atom. The number of hydrogen-bond acceptors (Lipinski definition) is 4. The lowest BCUT2D eigenvalue weighted by molar-refractivity contribution is -0.128. The Morgan fingerprint density at radius 2 is 1.91 bits per heavy atom. The van der Waals surface area contributed by atoms with Crippen LogP contribution in [-0.4, -0.2) is 43.9 Å². The summed E-state index contributed by atoms with van der Waals surface area (Å²) in [6.45, 7) is 0. The van der Waals surface area contributed by atoms with E-state index in [0.717, 1.165) is 5.56 Å². The molecule has 116 valence electrons. The number of hydrogen-bond donors (Lipinski definition) is 0. The van der Waals surface area contributed by atoms with Crippen molar-refractivity contribution in [1.82, 2.24) is 4.90 Å². The maximum Gasteiger partial charge on any atom is 0.223 e. The SMILES string of the molecule is COc1ccc(C23C=CC(=O)CC2N(C)C(=O)C3)cc1OC. The van der Waals surface area contributed by atoms with Crippen LogP contribution in [0.3, 0.4) is 0 Å². The Morgan fingerprint density at radius 3 is 2.59 bits per heavy atom. The van der Waals surface area contributed by atoms with E-state index in [2.05, 4.69) is 0 Å². The van der Waals surface area contributed by atoms with Gasteiger partial charge in [0.25, 0.3) is 0 Å². The van der Waals surface area contributed by atoms with E-state index in [4.69, 9.17) is 9.47 Å². The number of carbonyl (C=O) groups is 2. The van der Waals surface area contributed by atoms with E-state index in [-0.39, 0.29) is 17.7 Å². The lowest BCUT2D eigenvalue weighted by atomic mass is 9.69. The van der Waals surface area contributed by atoms with Gasteiger partial charge in [-0.25, -0.2) is 0 Å². The largest absolute Gasteiger partial charge is 0.493 e. The van der Waals surface area contributed by atoms with Gasteiger partial charge in [0.15, 0.2) is 17.3 Å². The van der Waals surface area contributed by atoms with Gasteiger partial charge in [0, 0.05) is 25.3 Å². The number of methoxy groups -OCH3 is 2. The van der Waals surface area contributed by atoms with E-state index >= 15 is 0 Å². The third kappa shape index (κ3) is 2.00. The van der Waals surface area contributed by atoms with Crippen molar-refractivity contribution >= 4 is 11.7 Å². The number of nitrogens with zero attached hydrogens (tertiary/aromatic N) is 1. The molecule has 1 aromatic carbocycles. The molecule has 1 saturated heterocycles. The highest BCUT2D eigenvalue weighted by Crippen LogP contribution is 2.46. The molecule has 0 N–H and O–H groups in total. The fourth-order valence-electron chi connectivity index (χ4n) is 3.52. The Labute approximate surface area is 129 Å². The summed E-state index contributed by atoms with van der Waals surface area (Å²) in [7, 11) is 4.94. The van der Waals surface area contributed by atoms with Gasteiger partial charge in [0.1, 0.15) is 0 Å². The van der Waals surface area contributed by atoms with Gasteiger partial charge in [-0.05, 0) is 23.8 Å². The van der Waals surface area contributed by atoms with Crippen LogP contribution in [0, 0.1) is 0 Å². The molecule has 22 heavy (non-hydrogen) atoms. The van der Waals surface area contributed by atoms with Crippen LogP contribution in [0.2, 0.25) is 0 Å². The molecule has 0 radical (unpaired) electrons. The second-order valence-corrected chi connectivity index (χ2v) is 5.81. The molecule has 5 nitrogen and oxygen atoms in total. The predicted octanol–water partition coefficient (Wildman–Crippen LogP) is 1.70. The summed E-state index contributed by atoms with van der Waals surface area (Å²) >= 11 is 0. The molecule has 2 aliphatic rings. The lowest BCUT2D eigenvalue weighted by Gasteiger charge is -2.37. The number of ether oxygens (including phenoxy) is 2. The van der Waals surface area contributed by atoms with Crippen LogP contribution in [0.1, 0.15) is 18.4 Å². The molecular formula is C17H19NO4.